The third-order valence-corrected chi connectivity index (χ3v) is 9.80. The van der Waals surface area contributed by atoms with Crippen molar-refractivity contribution >= 4 is 5.78 Å². The lowest BCUT2D eigenvalue weighted by atomic mass is 9.44. The molecule has 0 radical (unpaired) electrons. The zero-order chi connectivity index (χ0) is 21.2. The topological polar surface area (TPSA) is 57.5 Å². The van der Waals surface area contributed by atoms with Crippen LogP contribution in [0.2, 0.25) is 0 Å². The molecule has 4 aliphatic rings. The lowest BCUT2D eigenvalue weighted by Gasteiger charge is -2.60. The van der Waals surface area contributed by atoms with E-state index >= 15 is 0 Å². The number of carbonyl (C=O) groups is 1. The zero-order valence-electron chi connectivity index (χ0n) is 17.5. The van der Waals surface area contributed by atoms with Gasteiger partial charge in [-0.3, -0.25) is 4.79 Å². The van der Waals surface area contributed by atoms with Gasteiger partial charge in [0.15, 0.2) is 6.10 Å². The van der Waals surface area contributed by atoms with Crippen LogP contribution in [0, 0.1) is 40.4 Å². The first kappa shape index (κ1) is 21.6. The van der Waals surface area contributed by atoms with Crippen molar-refractivity contribution < 1.29 is 28.2 Å². The number of fused-ring (bicyclic) bond motifs is 5. The molecule has 0 spiro atoms. The molecule has 166 valence electrons. The number of hydrogen-bond donors (Lipinski definition) is 2. The number of ketones is 1. The predicted molar refractivity (Wildman–Crippen MR) is 103 cm³/mol. The SMILES string of the molecule is C[C@]12CC[C@@H](O)C[C@H]1CC[C@@H]1[C@@H]2CC[C@]2(C)[C@@H](C(=O)C[C@H](O)C(F)(F)F)CC[C@@H]12. The molecule has 4 fully saturated rings. The summed E-state index contributed by atoms with van der Waals surface area (Å²) in [5.41, 5.74) is 0.0129. The molecule has 0 saturated heterocycles. The van der Waals surface area contributed by atoms with Gasteiger partial charge in [0, 0.05) is 12.3 Å². The van der Waals surface area contributed by atoms with Crippen LogP contribution >= 0.6 is 0 Å². The van der Waals surface area contributed by atoms with E-state index in [9.17, 15) is 28.2 Å². The first-order valence-electron chi connectivity index (χ1n) is 11.4. The number of aliphatic hydroxyl groups excluding tert-OH is 2. The lowest BCUT2D eigenvalue weighted by Crippen LogP contribution is -2.54. The average Bonchev–Trinajstić information content (AvgIpc) is 2.98. The minimum atomic E-state index is -4.73. The van der Waals surface area contributed by atoms with Gasteiger partial charge in [-0.15, -0.1) is 0 Å². The quantitative estimate of drug-likeness (QED) is 0.689. The fraction of sp³-hybridized carbons (Fsp3) is 0.957. The van der Waals surface area contributed by atoms with Crippen molar-refractivity contribution in [2.45, 2.75) is 96.4 Å². The molecular formula is C23H35F3O3. The highest BCUT2D eigenvalue weighted by molar-refractivity contribution is 5.82. The van der Waals surface area contributed by atoms with Gasteiger partial charge < -0.3 is 10.2 Å². The summed E-state index contributed by atoms with van der Waals surface area (Å²) >= 11 is 0. The summed E-state index contributed by atoms with van der Waals surface area (Å²) in [5.74, 6) is 1.33. The Balaban J connectivity index is 1.51. The van der Waals surface area contributed by atoms with Gasteiger partial charge in [-0.25, -0.2) is 0 Å². The zero-order valence-corrected chi connectivity index (χ0v) is 17.5. The second-order valence-corrected chi connectivity index (χ2v) is 11.0. The van der Waals surface area contributed by atoms with Gasteiger partial charge in [0.25, 0.3) is 0 Å². The van der Waals surface area contributed by atoms with Crippen molar-refractivity contribution in [3.8, 4) is 0 Å². The molecule has 0 amide bonds. The Morgan fingerprint density at radius 1 is 1.00 bits per heavy atom. The Morgan fingerprint density at radius 2 is 1.66 bits per heavy atom. The minimum Gasteiger partial charge on any atom is -0.393 e. The summed E-state index contributed by atoms with van der Waals surface area (Å²) < 4.78 is 38.3. The standard InChI is InChI=1S/C23H35F3O3/c1-21-9-7-14(27)11-13(21)3-4-15-16-5-6-18(22(16,2)10-8-17(15)21)19(28)12-20(29)23(24,25)26/h13-18,20,27,29H,3-12H2,1-2H3/t13-,14-,15+,16+,17+,18-,20+,21+,22+/m1/s1. The molecule has 4 saturated carbocycles. The first-order chi connectivity index (χ1) is 13.5. The Hall–Kier alpha value is -0.620. The number of alkyl halides is 3. The van der Waals surface area contributed by atoms with Gasteiger partial charge in [0.2, 0.25) is 0 Å². The number of carbonyl (C=O) groups excluding carboxylic acids is 1. The van der Waals surface area contributed by atoms with Crippen molar-refractivity contribution in [1.82, 2.24) is 0 Å². The van der Waals surface area contributed by atoms with Crippen LogP contribution in [0.25, 0.3) is 0 Å². The number of hydrogen-bond acceptors (Lipinski definition) is 3. The summed E-state index contributed by atoms with van der Waals surface area (Å²) in [6, 6.07) is 0. The molecule has 0 unspecified atom stereocenters. The highest BCUT2D eigenvalue weighted by Crippen LogP contribution is 2.67. The molecule has 4 aliphatic carbocycles. The molecule has 0 aromatic rings. The molecule has 4 rings (SSSR count). The van der Waals surface area contributed by atoms with E-state index in [0.717, 1.165) is 51.4 Å². The van der Waals surface area contributed by atoms with Crippen LogP contribution < -0.4 is 0 Å². The van der Waals surface area contributed by atoms with Gasteiger partial charge in [0.1, 0.15) is 5.78 Å². The highest BCUT2D eigenvalue weighted by atomic mass is 19.4. The van der Waals surface area contributed by atoms with Gasteiger partial charge in [-0.1, -0.05) is 13.8 Å². The van der Waals surface area contributed by atoms with Crippen LogP contribution in [0.15, 0.2) is 0 Å². The molecule has 0 heterocycles. The minimum absolute atomic E-state index is 0.174. The maximum absolute atomic E-state index is 12.8. The van der Waals surface area contributed by atoms with Crippen LogP contribution in [-0.4, -0.2) is 34.4 Å². The Morgan fingerprint density at radius 3 is 2.34 bits per heavy atom. The van der Waals surface area contributed by atoms with E-state index in [-0.39, 0.29) is 22.9 Å². The second kappa shape index (κ2) is 7.22. The molecule has 9 atom stereocenters. The maximum atomic E-state index is 12.8. The van der Waals surface area contributed by atoms with Crippen molar-refractivity contribution in [3.05, 3.63) is 0 Å². The van der Waals surface area contributed by atoms with Crippen molar-refractivity contribution in [2.24, 2.45) is 40.4 Å². The van der Waals surface area contributed by atoms with E-state index in [1.807, 2.05) is 0 Å². The molecule has 0 aromatic heterocycles. The largest absolute Gasteiger partial charge is 0.414 e. The first-order valence-corrected chi connectivity index (χ1v) is 11.4. The summed E-state index contributed by atoms with van der Waals surface area (Å²) in [7, 11) is 0. The van der Waals surface area contributed by atoms with E-state index in [4.69, 9.17) is 0 Å². The molecule has 2 N–H and O–H groups in total. The summed E-state index contributed by atoms with van der Waals surface area (Å²) in [6.07, 6.45) is 0.310. The van der Waals surface area contributed by atoms with Gasteiger partial charge >= 0.3 is 6.18 Å². The van der Waals surface area contributed by atoms with Gasteiger partial charge in [-0.2, -0.15) is 13.2 Å². The molecule has 6 heteroatoms. The van der Waals surface area contributed by atoms with E-state index in [1.165, 1.54) is 0 Å². The number of Topliss-reactive ketones (excluding diaryl/α,β-unsaturated/α-hetero) is 1. The Kier molecular flexibility index (Phi) is 5.38. The molecule has 0 aliphatic heterocycles. The normalized spacial score (nSPS) is 48.4. The monoisotopic (exact) mass is 416 g/mol. The van der Waals surface area contributed by atoms with Crippen LogP contribution in [0.3, 0.4) is 0 Å². The maximum Gasteiger partial charge on any atom is 0.414 e. The van der Waals surface area contributed by atoms with Gasteiger partial charge in [-0.05, 0) is 92.3 Å². The molecular weight excluding hydrogens is 381 g/mol. The molecule has 29 heavy (non-hydrogen) atoms. The van der Waals surface area contributed by atoms with E-state index in [1.54, 1.807) is 0 Å². The number of halogens is 3. The third-order valence-electron chi connectivity index (χ3n) is 9.80. The number of aliphatic hydroxyl groups is 2. The summed E-state index contributed by atoms with van der Waals surface area (Å²) in [5, 5.41) is 19.5. The third kappa shape index (κ3) is 3.46. The number of rotatable bonds is 3. The van der Waals surface area contributed by atoms with E-state index in [2.05, 4.69) is 13.8 Å². The summed E-state index contributed by atoms with van der Waals surface area (Å²) in [6.45, 7) is 4.53. The van der Waals surface area contributed by atoms with Crippen LogP contribution in [0.1, 0.15) is 78.1 Å². The van der Waals surface area contributed by atoms with Crippen LogP contribution in [-0.2, 0) is 4.79 Å². The Bertz CT molecular complexity index is 650. The van der Waals surface area contributed by atoms with Crippen LogP contribution in [0.4, 0.5) is 13.2 Å². The van der Waals surface area contributed by atoms with Crippen molar-refractivity contribution in [2.75, 3.05) is 0 Å². The smallest absolute Gasteiger partial charge is 0.393 e. The van der Waals surface area contributed by atoms with Gasteiger partial charge in [0.05, 0.1) is 6.10 Å². The van der Waals surface area contributed by atoms with Crippen LogP contribution in [0.5, 0.6) is 0 Å². The predicted octanol–water partition coefficient (Wildman–Crippen LogP) is 4.89. The highest BCUT2D eigenvalue weighted by Gasteiger charge is 2.61. The second-order valence-electron chi connectivity index (χ2n) is 11.0. The lowest BCUT2D eigenvalue weighted by molar-refractivity contribution is -0.206. The fourth-order valence-electron chi connectivity index (χ4n) is 8.21. The molecule has 0 aromatic carbocycles. The van der Waals surface area contributed by atoms with Crippen molar-refractivity contribution in [3.63, 3.8) is 0 Å². The Labute approximate surface area is 171 Å². The molecule has 3 nitrogen and oxygen atoms in total. The average molecular weight is 417 g/mol. The summed E-state index contributed by atoms with van der Waals surface area (Å²) in [4.78, 5) is 12.8. The van der Waals surface area contributed by atoms with E-state index in [0.29, 0.717) is 30.1 Å². The fourth-order valence-corrected chi connectivity index (χ4v) is 8.21. The van der Waals surface area contributed by atoms with E-state index < -0.39 is 24.5 Å². The molecule has 0 bridgehead atoms. The van der Waals surface area contributed by atoms with Crippen molar-refractivity contribution in [1.29, 1.82) is 0 Å².